The van der Waals surface area contributed by atoms with Gasteiger partial charge in [0.15, 0.2) is 5.78 Å². The number of aromatic nitrogens is 1. The van der Waals surface area contributed by atoms with Gasteiger partial charge in [0.1, 0.15) is 5.75 Å². The lowest BCUT2D eigenvalue weighted by atomic mass is 9.93. The molecule has 0 spiro atoms. The number of ether oxygens (including phenoxy) is 1. The SMILES string of the molecule is COc1ccc2[nH]cc(C(CC(=O)c3ccc(C)s3)C(=O)O)c2c1. The molecular formula is C18H17NO4S. The monoisotopic (exact) mass is 343 g/mol. The van der Waals surface area contributed by atoms with Crippen molar-refractivity contribution in [1.82, 2.24) is 4.98 Å². The predicted octanol–water partition coefficient (Wildman–Crippen LogP) is 3.99. The number of nitrogens with one attached hydrogen (secondary N) is 1. The minimum atomic E-state index is -1.01. The van der Waals surface area contributed by atoms with Crippen LogP contribution in [0.3, 0.4) is 0 Å². The number of aliphatic carboxylic acids is 1. The molecule has 2 aromatic heterocycles. The third kappa shape index (κ3) is 3.05. The zero-order valence-corrected chi connectivity index (χ0v) is 14.1. The number of carboxylic acid groups (broad SMARTS) is 1. The first-order chi connectivity index (χ1) is 11.5. The zero-order valence-electron chi connectivity index (χ0n) is 13.3. The van der Waals surface area contributed by atoms with Crippen LogP contribution < -0.4 is 4.74 Å². The predicted molar refractivity (Wildman–Crippen MR) is 93.2 cm³/mol. The van der Waals surface area contributed by atoms with E-state index in [0.717, 1.165) is 15.8 Å². The van der Waals surface area contributed by atoms with E-state index < -0.39 is 11.9 Å². The number of thiophene rings is 1. The molecule has 0 aliphatic rings. The Labute approximate surface area is 142 Å². The molecule has 0 radical (unpaired) electrons. The molecule has 1 atom stereocenters. The number of ketones is 1. The van der Waals surface area contributed by atoms with Gasteiger partial charge in [-0.15, -0.1) is 11.3 Å². The largest absolute Gasteiger partial charge is 0.497 e. The first-order valence-electron chi connectivity index (χ1n) is 7.47. The number of carboxylic acids is 1. The molecule has 2 N–H and O–H groups in total. The van der Waals surface area contributed by atoms with E-state index in [1.807, 2.05) is 19.1 Å². The highest BCUT2D eigenvalue weighted by molar-refractivity contribution is 7.14. The molecule has 6 heteroatoms. The summed E-state index contributed by atoms with van der Waals surface area (Å²) in [5, 5.41) is 10.4. The molecule has 0 aliphatic carbocycles. The summed E-state index contributed by atoms with van der Waals surface area (Å²) in [5.74, 6) is -1.42. The Hall–Kier alpha value is -2.60. The number of rotatable bonds is 6. The number of Topliss-reactive ketones (excluding diaryl/α,β-unsaturated/α-hetero) is 1. The maximum absolute atomic E-state index is 12.4. The molecule has 124 valence electrons. The standard InChI is InChI=1S/C18H17NO4S/c1-10-3-6-17(24-10)16(20)8-13(18(21)22)14-9-19-15-5-4-11(23-2)7-12(14)15/h3-7,9,13,19H,8H2,1-2H3,(H,21,22). The summed E-state index contributed by atoms with van der Waals surface area (Å²) in [4.78, 5) is 28.9. The number of methoxy groups -OCH3 is 1. The van der Waals surface area contributed by atoms with Crippen molar-refractivity contribution in [3.63, 3.8) is 0 Å². The van der Waals surface area contributed by atoms with Crippen molar-refractivity contribution in [3.8, 4) is 5.75 Å². The second-order valence-electron chi connectivity index (χ2n) is 5.58. The van der Waals surface area contributed by atoms with Gasteiger partial charge in [-0.2, -0.15) is 0 Å². The van der Waals surface area contributed by atoms with Crippen LogP contribution in [0.4, 0.5) is 0 Å². The van der Waals surface area contributed by atoms with E-state index >= 15 is 0 Å². The third-order valence-electron chi connectivity index (χ3n) is 4.00. The molecule has 2 heterocycles. The lowest BCUT2D eigenvalue weighted by molar-refractivity contribution is -0.138. The quantitative estimate of drug-likeness (QED) is 0.663. The number of carbonyl (C=O) groups excluding carboxylic acids is 1. The van der Waals surface area contributed by atoms with Crippen molar-refractivity contribution in [2.75, 3.05) is 7.11 Å². The van der Waals surface area contributed by atoms with Crippen molar-refractivity contribution in [2.24, 2.45) is 0 Å². The molecule has 0 saturated heterocycles. The number of H-pyrrole nitrogens is 1. The van der Waals surface area contributed by atoms with Gasteiger partial charge in [0.25, 0.3) is 0 Å². The fourth-order valence-corrected chi connectivity index (χ4v) is 3.55. The minimum Gasteiger partial charge on any atom is -0.497 e. The summed E-state index contributed by atoms with van der Waals surface area (Å²) in [7, 11) is 1.56. The van der Waals surface area contributed by atoms with Crippen molar-refractivity contribution < 1.29 is 19.4 Å². The number of carbonyl (C=O) groups is 2. The maximum Gasteiger partial charge on any atom is 0.311 e. The van der Waals surface area contributed by atoms with E-state index in [0.29, 0.717) is 16.2 Å². The fourth-order valence-electron chi connectivity index (χ4n) is 2.74. The lowest BCUT2D eigenvalue weighted by Gasteiger charge is -2.11. The van der Waals surface area contributed by atoms with Crippen molar-refractivity contribution in [2.45, 2.75) is 19.3 Å². The van der Waals surface area contributed by atoms with E-state index in [1.165, 1.54) is 11.3 Å². The minimum absolute atomic E-state index is 0.0700. The molecule has 1 aromatic carbocycles. The average molecular weight is 343 g/mol. The first-order valence-corrected chi connectivity index (χ1v) is 8.28. The van der Waals surface area contributed by atoms with Gasteiger partial charge in [-0.3, -0.25) is 9.59 Å². The number of benzene rings is 1. The van der Waals surface area contributed by atoms with Gasteiger partial charge in [-0.1, -0.05) is 0 Å². The summed E-state index contributed by atoms with van der Waals surface area (Å²) < 4.78 is 5.21. The molecule has 3 rings (SSSR count). The first kappa shape index (κ1) is 16.3. The molecular weight excluding hydrogens is 326 g/mol. The second kappa shape index (κ2) is 6.49. The molecule has 24 heavy (non-hydrogen) atoms. The van der Waals surface area contributed by atoms with Crippen LogP contribution in [0.25, 0.3) is 10.9 Å². The Morgan fingerprint density at radius 2 is 2.08 bits per heavy atom. The Balaban J connectivity index is 1.96. The highest BCUT2D eigenvalue weighted by Gasteiger charge is 2.27. The Bertz CT molecular complexity index is 909. The number of fused-ring (bicyclic) bond motifs is 1. The lowest BCUT2D eigenvalue weighted by Crippen LogP contribution is -2.15. The normalized spacial score (nSPS) is 12.2. The number of aryl methyl sites for hydroxylation is 1. The summed E-state index contributed by atoms with van der Waals surface area (Å²) >= 11 is 1.39. The molecule has 0 amide bonds. The van der Waals surface area contributed by atoms with Crippen LogP contribution in [-0.4, -0.2) is 29.0 Å². The van der Waals surface area contributed by atoms with Crippen LogP contribution in [0.15, 0.2) is 36.5 Å². The Morgan fingerprint density at radius 3 is 2.71 bits per heavy atom. The van der Waals surface area contributed by atoms with E-state index in [-0.39, 0.29) is 12.2 Å². The average Bonchev–Trinajstić information content (AvgIpc) is 3.17. The van der Waals surface area contributed by atoms with Gasteiger partial charge >= 0.3 is 5.97 Å². The number of hydrogen-bond acceptors (Lipinski definition) is 4. The van der Waals surface area contributed by atoms with Crippen molar-refractivity contribution in [1.29, 1.82) is 0 Å². The van der Waals surface area contributed by atoms with Gasteiger partial charge in [-0.05, 0) is 42.8 Å². The van der Waals surface area contributed by atoms with Gasteiger partial charge in [0.2, 0.25) is 0 Å². The summed E-state index contributed by atoms with van der Waals surface area (Å²) in [6, 6.07) is 9.04. The third-order valence-corrected chi connectivity index (χ3v) is 5.04. The van der Waals surface area contributed by atoms with Crippen molar-refractivity contribution >= 4 is 34.0 Å². The van der Waals surface area contributed by atoms with Crippen LogP contribution in [0.5, 0.6) is 5.75 Å². The maximum atomic E-state index is 12.4. The van der Waals surface area contributed by atoms with Crippen LogP contribution in [-0.2, 0) is 4.79 Å². The van der Waals surface area contributed by atoms with Crippen LogP contribution in [0.1, 0.15) is 32.5 Å². The van der Waals surface area contributed by atoms with E-state index in [9.17, 15) is 14.7 Å². The van der Waals surface area contributed by atoms with Gasteiger partial charge in [0, 0.05) is 28.4 Å². The molecule has 5 nitrogen and oxygen atoms in total. The molecule has 0 aliphatic heterocycles. The molecule has 0 saturated carbocycles. The second-order valence-corrected chi connectivity index (χ2v) is 6.87. The Kier molecular flexibility index (Phi) is 4.40. The molecule has 1 unspecified atom stereocenters. The molecule has 0 bridgehead atoms. The smallest absolute Gasteiger partial charge is 0.311 e. The van der Waals surface area contributed by atoms with Gasteiger partial charge in [-0.25, -0.2) is 0 Å². The van der Waals surface area contributed by atoms with Crippen LogP contribution in [0, 0.1) is 6.92 Å². The van der Waals surface area contributed by atoms with Gasteiger partial charge in [0.05, 0.1) is 17.9 Å². The van der Waals surface area contributed by atoms with E-state index in [4.69, 9.17) is 4.74 Å². The highest BCUT2D eigenvalue weighted by Crippen LogP contribution is 2.32. The van der Waals surface area contributed by atoms with Crippen molar-refractivity contribution in [3.05, 3.63) is 51.8 Å². The number of hydrogen-bond donors (Lipinski definition) is 2. The summed E-state index contributed by atoms with van der Waals surface area (Å²) in [6.07, 6.45) is 1.59. The summed E-state index contributed by atoms with van der Waals surface area (Å²) in [6.45, 7) is 1.92. The highest BCUT2D eigenvalue weighted by atomic mass is 32.1. The van der Waals surface area contributed by atoms with Gasteiger partial charge < -0.3 is 14.8 Å². The van der Waals surface area contributed by atoms with E-state index in [1.54, 1.807) is 31.5 Å². The topological polar surface area (TPSA) is 79.4 Å². The Morgan fingerprint density at radius 1 is 1.29 bits per heavy atom. The van der Waals surface area contributed by atoms with Crippen LogP contribution >= 0.6 is 11.3 Å². The molecule has 3 aromatic rings. The fraction of sp³-hybridized carbons (Fsp3) is 0.222. The zero-order chi connectivity index (χ0) is 17.3. The molecule has 0 fully saturated rings. The van der Waals surface area contributed by atoms with Crippen LogP contribution in [0.2, 0.25) is 0 Å². The summed E-state index contributed by atoms with van der Waals surface area (Å²) in [5.41, 5.74) is 1.41. The van der Waals surface area contributed by atoms with E-state index in [2.05, 4.69) is 4.98 Å². The number of aromatic amines is 1.